The lowest BCUT2D eigenvalue weighted by atomic mass is 10.2. The van der Waals surface area contributed by atoms with Crippen LogP contribution in [0.3, 0.4) is 0 Å². The van der Waals surface area contributed by atoms with Gasteiger partial charge in [0.25, 0.3) is 0 Å². The van der Waals surface area contributed by atoms with E-state index in [2.05, 4.69) is 6.07 Å². The first-order valence-corrected chi connectivity index (χ1v) is 9.73. The maximum Gasteiger partial charge on any atom is 0.241 e. The van der Waals surface area contributed by atoms with Crippen molar-refractivity contribution in [2.24, 2.45) is 0 Å². The third-order valence-electron chi connectivity index (χ3n) is 4.08. The molecule has 0 radical (unpaired) electrons. The molecular weight excluding hydrogens is 397 g/mol. The third-order valence-corrected chi connectivity index (χ3v) is 4.94. The Morgan fingerprint density at radius 3 is 2.54 bits per heavy atom. The highest BCUT2D eigenvalue weighted by Gasteiger charge is 2.18. The molecule has 1 amide bonds. The molecule has 0 fully saturated rings. The normalized spacial score (nSPS) is 10.6. The monoisotopic (exact) mass is 419 g/mol. The first-order chi connectivity index (χ1) is 13.5. The summed E-state index contributed by atoms with van der Waals surface area (Å²) in [6, 6.07) is 14.8. The maximum absolute atomic E-state index is 12.9. The van der Waals surface area contributed by atoms with Crippen molar-refractivity contribution < 1.29 is 9.53 Å². The van der Waals surface area contributed by atoms with Crippen LogP contribution in [0.2, 0.25) is 10.0 Å². The van der Waals surface area contributed by atoms with E-state index < -0.39 is 0 Å². The van der Waals surface area contributed by atoms with Crippen molar-refractivity contribution >= 4 is 34.8 Å². The predicted octanol–water partition coefficient (Wildman–Crippen LogP) is 4.77. The minimum atomic E-state index is -0.0972. The number of hydrogen-bond acceptors (Lipinski definition) is 4. The SMILES string of the molecule is CCOc1ccc(N(CCC#N)C(=O)CN(C)Cc2cccc(Cl)c2Cl)cc1. The standard InChI is InChI=1S/C21H23Cl2N3O2/c1-3-28-18-10-8-17(9-11-18)26(13-5-12-24)20(27)15-25(2)14-16-6-4-7-19(22)21(16)23/h4,6-11H,3,5,13-15H2,1-2H3. The van der Waals surface area contributed by atoms with Gasteiger partial charge in [0.15, 0.2) is 0 Å². The van der Waals surface area contributed by atoms with Gasteiger partial charge in [0.1, 0.15) is 5.75 Å². The number of likely N-dealkylation sites (N-methyl/N-ethyl adjacent to an activating group) is 1. The number of amides is 1. The molecule has 7 heteroatoms. The lowest BCUT2D eigenvalue weighted by Gasteiger charge is -2.25. The lowest BCUT2D eigenvalue weighted by Crippen LogP contribution is -2.39. The van der Waals surface area contributed by atoms with Crippen LogP contribution in [0.25, 0.3) is 0 Å². The molecule has 0 N–H and O–H groups in total. The fraction of sp³-hybridized carbons (Fsp3) is 0.333. The van der Waals surface area contributed by atoms with Gasteiger partial charge in [0, 0.05) is 18.8 Å². The van der Waals surface area contributed by atoms with Gasteiger partial charge in [-0.15, -0.1) is 0 Å². The van der Waals surface area contributed by atoms with Gasteiger partial charge in [0.05, 0.1) is 35.7 Å². The number of benzene rings is 2. The Morgan fingerprint density at radius 1 is 1.18 bits per heavy atom. The number of carbonyl (C=O) groups excluding carboxylic acids is 1. The van der Waals surface area contributed by atoms with Crippen LogP contribution in [0.15, 0.2) is 42.5 Å². The molecule has 0 bridgehead atoms. The number of anilines is 1. The molecule has 0 aliphatic rings. The quantitative estimate of drug-likeness (QED) is 0.587. The number of halogens is 2. The van der Waals surface area contributed by atoms with E-state index in [0.29, 0.717) is 29.7 Å². The summed E-state index contributed by atoms with van der Waals surface area (Å²) in [6.45, 7) is 3.49. The van der Waals surface area contributed by atoms with Crippen LogP contribution < -0.4 is 9.64 Å². The van der Waals surface area contributed by atoms with Gasteiger partial charge >= 0.3 is 0 Å². The molecule has 0 aliphatic heterocycles. The van der Waals surface area contributed by atoms with Gasteiger partial charge in [-0.05, 0) is 49.9 Å². The molecule has 5 nitrogen and oxygen atoms in total. The summed E-state index contributed by atoms with van der Waals surface area (Å²) >= 11 is 12.3. The van der Waals surface area contributed by atoms with Gasteiger partial charge in [-0.25, -0.2) is 0 Å². The molecule has 2 rings (SSSR count). The number of ether oxygens (including phenoxy) is 1. The fourth-order valence-electron chi connectivity index (χ4n) is 2.78. The largest absolute Gasteiger partial charge is 0.494 e. The van der Waals surface area contributed by atoms with Crippen LogP contribution in [0.5, 0.6) is 5.75 Å². The summed E-state index contributed by atoms with van der Waals surface area (Å²) in [5, 5.41) is 9.93. The van der Waals surface area contributed by atoms with Crippen LogP contribution >= 0.6 is 23.2 Å². The van der Waals surface area contributed by atoms with E-state index in [-0.39, 0.29) is 18.9 Å². The smallest absolute Gasteiger partial charge is 0.241 e. The van der Waals surface area contributed by atoms with Gasteiger partial charge in [-0.3, -0.25) is 9.69 Å². The number of nitriles is 1. The molecule has 0 unspecified atom stereocenters. The molecule has 0 saturated heterocycles. The summed E-state index contributed by atoms with van der Waals surface area (Å²) in [5.41, 5.74) is 1.59. The Kier molecular flexibility index (Phi) is 8.59. The molecule has 0 atom stereocenters. The predicted molar refractivity (Wildman–Crippen MR) is 113 cm³/mol. The second-order valence-corrected chi connectivity index (χ2v) is 7.05. The molecule has 0 spiro atoms. The zero-order chi connectivity index (χ0) is 20.5. The van der Waals surface area contributed by atoms with E-state index >= 15 is 0 Å². The second-order valence-electron chi connectivity index (χ2n) is 6.27. The highest BCUT2D eigenvalue weighted by molar-refractivity contribution is 6.42. The summed E-state index contributed by atoms with van der Waals surface area (Å²) in [6.07, 6.45) is 0.253. The summed E-state index contributed by atoms with van der Waals surface area (Å²) in [4.78, 5) is 16.4. The highest BCUT2D eigenvalue weighted by Crippen LogP contribution is 2.26. The van der Waals surface area contributed by atoms with Crippen molar-refractivity contribution in [3.05, 3.63) is 58.1 Å². The van der Waals surface area contributed by atoms with Gasteiger partial charge in [-0.2, -0.15) is 5.26 Å². The van der Waals surface area contributed by atoms with Gasteiger partial charge in [-0.1, -0.05) is 35.3 Å². The zero-order valence-corrected chi connectivity index (χ0v) is 17.5. The Bertz CT molecular complexity index is 835. The average molecular weight is 420 g/mol. The third kappa shape index (κ3) is 6.13. The topological polar surface area (TPSA) is 56.6 Å². The zero-order valence-electron chi connectivity index (χ0n) is 16.0. The van der Waals surface area contributed by atoms with Crippen molar-refractivity contribution in [1.29, 1.82) is 5.26 Å². The highest BCUT2D eigenvalue weighted by atomic mass is 35.5. The Balaban J connectivity index is 2.09. The van der Waals surface area contributed by atoms with Crippen LogP contribution in [0.1, 0.15) is 18.9 Å². The minimum absolute atomic E-state index is 0.0972. The van der Waals surface area contributed by atoms with Crippen molar-refractivity contribution in [2.75, 3.05) is 31.6 Å². The van der Waals surface area contributed by atoms with Crippen LogP contribution in [0.4, 0.5) is 5.69 Å². The minimum Gasteiger partial charge on any atom is -0.494 e. The molecular formula is C21H23Cl2N3O2. The molecule has 148 valence electrons. The first kappa shape index (κ1) is 22.0. The Morgan fingerprint density at radius 2 is 1.89 bits per heavy atom. The second kappa shape index (κ2) is 10.9. The van der Waals surface area contributed by atoms with Gasteiger partial charge in [0.2, 0.25) is 5.91 Å². The summed E-state index contributed by atoms with van der Waals surface area (Å²) in [5.74, 6) is 0.645. The average Bonchev–Trinajstić information content (AvgIpc) is 2.67. The Hall–Kier alpha value is -2.26. The Labute approximate surface area is 176 Å². The van der Waals surface area contributed by atoms with Crippen molar-refractivity contribution in [1.82, 2.24) is 4.90 Å². The molecule has 0 aliphatic carbocycles. The number of nitrogens with zero attached hydrogens (tertiary/aromatic N) is 3. The number of rotatable bonds is 9. The molecule has 0 saturated carbocycles. The molecule has 2 aromatic carbocycles. The molecule has 28 heavy (non-hydrogen) atoms. The van der Waals surface area contributed by atoms with E-state index in [9.17, 15) is 4.79 Å². The first-order valence-electron chi connectivity index (χ1n) is 8.97. The van der Waals surface area contributed by atoms with Crippen molar-refractivity contribution in [3.8, 4) is 11.8 Å². The summed E-state index contributed by atoms with van der Waals surface area (Å²) < 4.78 is 5.45. The fourth-order valence-corrected chi connectivity index (χ4v) is 3.16. The maximum atomic E-state index is 12.9. The van der Waals surface area contributed by atoms with E-state index in [0.717, 1.165) is 17.0 Å². The van der Waals surface area contributed by atoms with E-state index in [4.69, 9.17) is 33.2 Å². The lowest BCUT2D eigenvalue weighted by molar-refractivity contribution is -0.119. The van der Waals surface area contributed by atoms with Crippen LogP contribution in [0, 0.1) is 11.3 Å². The molecule has 0 heterocycles. The number of hydrogen-bond donors (Lipinski definition) is 0. The van der Waals surface area contributed by atoms with Crippen LogP contribution in [-0.4, -0.2) is 37.6 Å². The van der Waals surface area contributed by atoms with E-state index in [1.54, 1.807) is 11.0 Å². The van der Waals surface area contributed by atoms with E-state index in [1.807, 2.05) is 55.3 Å². The van der Waals surface area contributed by atoms with Crippen molar-refractivity contribution in [2.45, 2.75) is 19.9 Å². The van der Waals surface area contributed by atoms with Crippen molar-refractivity contribution in [3.63, 3.8) is 0 Å². The van der Waals surface area contributed by atoms with Crippen LogP contribution in [-0.2, 0) is 11.3 Å². The van der Waals surface area contributed by atoms with Gasteiger partial charge < -0.3 is 9.64 Å². The molecule has 2 aromatic rings. The summed E-state index contributed by atoms with van der Waals surface area (Å²) in [7, 11) is 1.84. The molecule has 0 aromatic heterocycles. The number of carbonyl (C=O) groups is 1. The van der Waals surface area contributed by atoms with E-state index in [1.165, 1.54) is 0 Å².